The van der Waals surface area contributed by atoms with Gasteiger partial charge in [-0.2, -0.15) is 0 Å². The van der Waals surface area contributed by atoms with Crippen LogP contribution < -0.4 is 4.74 Å². The van der Waals surface area contributed by atoms with Gasteiger partial charge in [0, 0.05) is 33.0 Å². The number of piperidine rings is 1. The molecule has 1 aliphatic rings. The van der Waals surface area contributed by atoms with E-state index in [9.17, 15) is 9.59 Å². The number of rotatable bonds is 8. The Labute approximate surface area is 176 Å². The van der Waals surface area contributed by atoms with Crippen LogP contribution in [0.2, 0.25) is 0 Å². The summed E-state index contributed by atoms with van der Waals surface area (Å²) in [4.78, 5) is 28.5. The topological polar surface area (TPSA) is 72.2 Å². The zero-order valence-electron chi connectivity index (χ0n) is 17.1. The molecule has 7 nitrogen and oxygen atoms in total. The third-order valence-electron chi connectivity index (χ3n) is 4.97. The molecule has 2 amide bonds. The number of terminal acetylenes is 1. The number of ether oxygens (including phenoxy) is 2. The van der Waals surface area contributed by atoms with Crippen LogP contribution in [0.1, 0.15) is 29.0 Å². The average Bonchev–Trinajstić information content (AvgIpc) is 3.27. The number of amides is 2. The summed E-state index contributed by atoms with van der Waals surface area (Å²) >= 11 is 0. The van der Waals surface area contributed by atoms with Crippen molar-refractivity contribution in [3.63, 3.8) is 0 Å². The average molecular weight is 410 g/mol. The fourth-order valence-electron chi connectivity index (χ4n) is 3.43. The third-order valence-corrected chi connectivity index (χ3v) is 4.97. The fourth-order valence-corrected chi connectivity index (χ4v) is 3.43. The highest BCUT2D eigenvalue weighted by Gasteiger charge is 2.26. The number of carbonyl (C=O) groups is 2. The molecule has 30 heavy (non-hydrogen) atoms. The minimum absolute atomic E-state index is 0.0191. The molecule has 1 aromatic carbocycles. The molecule has 1 aliphatic heterocycles. The Morgan fingerprint density at radius 3 is 2.67 bits per heavy atom. The SMILES string of the molecule is C#CCN(Cc1ccco1)C(=O)c1ccccc1OC1CCN(C(=O)COC)CC1. The quantitative estimate of drug-likeness (QED) is 0.626. The molecule has 3 rings (SSSR count). The summed E-state index contributed by atoms with van der Waals surface area (Å²) in [6.07, 6.45) is 8.35. The lowest BCUT2D eigenvalue weighted by atomic mass is 10.1. The van der Waals surface area contributed by atoms with Crippen LogP contribution in [0.3, 0.4) is 0 Å². The minimum Gasteiger partial charge on any atom is -0.489 e. The number of likely N-dealkylation sites (tertiary alicyclic amines) is 1. The van der Waals surface area contributed by atoms with Crippen molar-refractivity contribution in [3.05, 3.63) is 54.0 Å². The molecular formula is C23H26N2O5. The molecule has 0 N–H and O–H groups in total. The molecular weight excluding hydrogens is 384 g/mol. The van der Waals surface area contributed by atoms with E-state index < -0.39 is 0 Å². The largest absolute Gasteiger partial charge is 0.489 e. The summed E-state index contributed by atoms with van der Waals surface area (Å²) in [6.45, 7) is 1.73. The molecule has 0 spiro atoms. The third kappa shape index (κ3) is 5.43. The second kappa shape index (κ2) is 10.5. The normalized spacial score (nSPS) is 14.2. The first-order valence-corrected chi connectivity index (χ1v) is 9.90. The van der Waals surface area contributed by atoms with E-state index >= 15 is 0 Å². The molecule has 2 heterocycles. The Morgan fingerprint density at radius 2 is 2.00 bits per heavy atom. The first-order chi connectivity index (χ1) is 14.6. The number of carbonyl (C=O) groups excluding carboxylic acids is 2. The van der Waals surface area contributed by atoms with Crippen molar-refractivity contribution in [1.82, 2.24) is 9.80 Å². The van der Waals surface area contributed by atoms with Gasteiger partial charge in [-0.25, -0.2) is 0 Å². The lowest BCUT2D eigenvalue weighted by molar-refractivity contribution is -0.136. The van der Waals surface area contributed by atoms with Crippen molar-refractivity contribution < 1.29 is 23.5 Å². The highest BCUT2D eigenvalue weighted by atomic mass is 16.5. The minimum atomic E-state index is -0.215. The van der Waals surface area contributed by atoms with Crippen LogP contribution in [0, 0.1) is 12.3 Å². The molecule has 0 radical (unpaired) electrons. The van der Waals surface area contributed by atoms with Gasteiger partial charge in [0.25, 0.3) is 5.91 Å². The predicted octanol–water partition coefficient (Wildman–Crippen LogP) is 2.57. The first kappa shape index (κ1) is 21.5. The van der Waals surface area contributed by atoms with Gasteiger partial charge in [-0.05, 0) is 24.3 Å². The molecule has 0 bridgehead atoms. The van der Waals surface area contributed by atoms with E-state index in [0.29, 0.717) is 43.0 Å². The van der Waals surface area contributed by atoms with E-state index in [1.54, 1.807) is 46.4 Å². The molecule has 7 heteroatoms. The summed E-state index contributed by atoms with van der Waals surface area (Å²) in [6, 6.07) is 10.7. The van der Waals surface area contributed by atoms with Crippen LogP contribution in [0.15, 0.2) is 47.1 Å². The molecule has 158 valence electrons. The van der Waals surface area contributed by atoms with Gasteiger partial charge in [-0.3, -0.25) is 9.59 Å². The number of para-hydroxylation sites is 1. The van der Waals surface area contributed by atoms with Crippen LogP contribution in [0.4, 0.5) is 0 Å². The Kier molecular flexibility index (Phi) is 7.52. The predicted molar refractivity (Wildman–Crippen MR) is 111 cm³/mol. The van der Waals surface area contributed by atoms with Gasteiger partial charge < -0.3 is 23.7 Å². The van der Waals surface area contributed by atoms with Gasteiger partial charge in [0.1, 0.15) is 24.2 Å². The Balaban J connectivity index is 1.67. The molecule has 0 aliphatic carbocycles. The second-order valence-electron chi connectivity index (χ2n) is 7.07. The van der Waals surface area contributed by atoms with Gasteiger partial charge in [0.05, 0.1) is 24.9 Å². The molecule has 1 saturated heterocycles. The highest BCUT2D eigenvalue weighted by Crippen LogP contribution is 2.25. The lowest BCUT2D eigenvalue weighted by Crippen LogP contribution is -2.43. The van der Waals surface area contributed by atoms with Crippen molar-refractivity contribution in [2.45, 2.75) is 25.5 Å². The van der Waals surface area contributed by atoms with Crippen LogP contribution in [-0.2, 0) is 16.1 Å². The van der Waals surface area contributed by atoms with Crippen molar-refractivity contribution in [2.24, 2.45) is 0 Å². The van der Waals surface area contributed by atoms with E-state index in [-0.39, 0.29) is 37.6 Å². The molecule has 0 unspecified atom stereocenters. The lowest BCUT2D eigenvalue weighted by Gasteiger charge is -2.32. The zero-order valence-corrected chi connectivity index (χ0v) is 17.1. The van der Waals surface area contributed by atoms with Gasteiger partial charge >= 0.3 is 0 Å². The fraction of sp³-hybridized carbons (Fsp3) is 0.391. The highest BCUT2D eigenvalue weighted by molar-refractivity contribution is 5.97. The standard InChI is InChI=1S/C23H26N2O5/c1-3-12-25(16-19-7-6-15-29-19)23(27)20-8-4-5-9-21(20)30-18-10-13-24(14-11-18)22(26)17-28-2/h1,4-9,15,18H,10-14,16-17H2,2H3. The van der Waals surface area contributed by atoms with Gasteiger partial charge in [-0.15, -0.1) is 6.42 Å². The van der Waals surface area contributed by atoms with Crippen molar-refractivity contribution >= 4 is 11.8 Å². The second-order valence-corrected chi connectivity index (χ2v) is 7.07. The Bertz CT molecular complexity index is 879. The molecule has 1 aromatic heterocycles. The van der Waals surface area contributed by atoms with Crippen LogP contribution >= 0.6 is 0 Å². The van der Waals surface area contributed by atoms with E-state index in [1.807, 2.05) is 6.07 Å². The summed E-state index contributed by atoms with van der Waals surface area (Å²) in [5, 5.41) is 0. The van der Waals surface area contributed by atoms with E-state index in [0.717, 1.165) is 0 Å². The van der Waals surface area contributed by atoms with Crippen molar-refractivity contribution in [2.75, 3.05) is 33.4 Å². The summed E-state index contributed by atoms with van der Waals surface area (Å²) in [5.41, 5.74) is 0.456. The Morgan fingerprint density at radius 1 is 1.23 bits per heavy atom. The first-order valence-electron chi connectivity index (χ1n) is 9.90. The number of hydrogen-bond donors (Lipinski definition) is 0. The maximum absolute atomic E-state index is 13.2. The number of furan rings is 1. The number of methoxy groups -OCH3 is 1. The molecule has 2 aromatic rings. The van der Waals surface area contributed by atoms with Gasteiger partial charge in [0.2, 0.25) is 5.91 Å². The summed E-state index contributed by atoms with van der Waals surface area (Å²) in [5.74, 6) is 3.47. The van der Waals surface area contributed by atoms with E-state index in [1.165, 1.54) is 7.11 Å². The number of benzene rings is 1. The maximum atomic E-state index is 13.2. The smallest absolute Gasteiger partial charge is 0.258 e. The molecule has 1 fully saturated rings. The number of hydrogen-bond acceptors (Lipinski definition) is 5. The van der Waals surface area contributed by atoms with Crippen LogP contribution in [0.25, 0.3) is 0 Å². The van der Waals surface area contributed by atoms with Crippen LogP contribution in [0.5, 0.6) is 5.75 Å². The maximum Gasteiger partial charge on any atom is 0.258 e. The van der Waals surface area contributed by atoms with Crippen molar-refractivity contribution in [1.29, 1.82) is 0 Å². The van der Waals surface area contributed by atoms with Gasteiger partial charge in [-0.1, -0.05) is 18.1 Å². The monoisotopic (exact) mass is 410 g/mol. The zero-order chi connectivity index (χ0) is 21.3. The summed E-state index contributed by atoms with van der Waals surface area (Å²) in [7, 11) is 1.51. The summed E-state index contributed by atoms with van der Waals surface area (Å²) < 4.78 is 16.4. The Hall–Kier alpha value is -3.24. The van der Waals surface area contributed by atoms with E-state index in [4.69, 9.17) is 20.3 Å². The molecule has 0 saturated carbocycles. The van der Waals surface area contributed by atoms with Gasteiger partial charge in [0.15, 0.2) is 0 Å². The van der Waals surface area contributed by atoms with Crippen LogP contribution in [-0.4, -0.2) is 61.1 Å². The van der Waals surface area contributed by atoms with Crippen molar-refractivity contribution in [3.8, 4) is 18.1 Å². The molecule has 0 atom stereocenters. The van der Waals surface area contributed by atoms with E-state index in [2.05, 4.69) is 5.92 Å². The number of nitrogens with zero attached hydrogens (tertiary/aromatic N) is 2.